The van der Waals surface area contributed by atoms with Crippen LogP contribution in [0.1, 0.15) is 37.9 Å². The zero-order chi connectivity index (χ0) is 26.0. The molecule has 1 aliphatic heterocycles. The van der Waals surface area contributed by atoms with Crippen molar-refractivity contribution in [2.24, 2.45) is 4.99 Å². The number of nitrogens with zero attached hydrogens (tertiary/aromatic N) is 2. The third-order valence-electron chi connectivity index (χ3n) is 5.60. The number of hydrogen-bond acceptors (Lipinski definition) is 8. The maximum absolute atomic E-state index is 13.7. The molecule has 0 saturated heterocycles. The molecule has 2 aromatic carbocycles. The molecule has 0 aliphatic carbocycles. The Balaban J connectivity index is 1.98. The summed E-state index contributed by atoms with van der Waals surface area (Å²) in [4.78, 5) is 31.7. The Hall–Kier alpha value is -3.56. The van der Waals surface area contributed by atoms with Crippen molar-refractivity contribution >= 4 is 35.0 Å². The number of hydrogen-bond donors (Lipinski definition) is 1. The summed E-state index contributed by atoms with van der Waals surface area (Å²) in [6.07, 6.45) is 1.56. The zero-order valence-corrected chi connectivity index (χ0v) is 21.8. The minimum atomic E-state index is -0.805. The molecule has 4 rings (SSSR count). The molecule has 10 heteroatoms. The number of methoxy groups -OCH3 is 1. The van der Waals surface area contributed by atoms with E-state index in [2.05, 4.69) is 4.99 Å². The van der Waals surface area contributed by atoms with Gasteiger partial charge in [-0.25, -0.2) is 9.79 Å². The molecule has 1 atom stereocenters. The van der Waals surface area contributed by atoms with Crippen molar-refractivity contribution in [3.63, 3.8) is 0 Å². The summed E-state index contributed by atoms with van der Waals surface area (Å²) in [5.74, 6) is 0.449. The maximum atomic E-state index is 13.7. The second kappa shape index (κ2) is 10.6. The van der Waals surface area contributed by atoms with Gasteiger partial charge in [-0.3, -0.25) is 9.36 Å². The molecule has 0 bridgehead atoms. The number of rotatable bonds is 7. The minimum absolute atomic E-state index is 0.0123. The number of allylic oxidation sites excluding steroid dienone is 1. The number of carbonyl (C=O) groups is 1. The van der Waals surface area contributed by atoms with E-state index in [-0.39, 0.29) is 23.5 Å². The predicted molar refractivity (Wildman–Crippen MR) is 138 cm³/mol. The average molecular weight is 529 g/mol. The van der Waals surface area contributed by atoms with Crippen molar-refractivity contribution in [3.05, 3.63) is 83.5 Å². The molecule has 0 amide bonds. The normalized spacial score (nSPS) is 15.4. The summed E-state index contributed by atoms with van der Waals surface area (Å²) in [5.41, 5.74) is 1.37. The summed E-state index contributed by atoms with van der Waals surface area (Å²) in [5, 5.41) is 10.7. The van der Waals surface area contributed by atoms with Gasteiger partial charge in [0.05, 0.1) is 42.2 Å². The number of thiazole rings is 1. The number of esters is 1. The lowest BCUT2D eigenvalue weighted by molar-refractivity contribution is -0.139. The molecule has 0 fully saturated rings. The molecule has 8 nitrogen and oxygen atoms in total. The Bertz CT molecular complexity index is 1540. The molecular formula is C26H25ClN2O6S. The van der Waals surface area contributed by atoms with Crippen LogP contribution in [-0.4, -0.2) is 36.0 Å². The molecule has 188 valence electrons. The third-order valence-corrected chi connectivity index (χ3v) is 6.81. The van der Waals surface area contributed by atoms with Crippen LogP contribution in [0.4, 0.5) is 0 Å². The van der Waals surface area contributed by atoms with E-state index in [0.717, 1.165) is 11.3 Å². The Morgan fingerprint density at radius 1 is 1.19 bits per heavy atom. The first kappa shape index (κ1) is 25.5. The number of halogens is 1. The van der Waals surface area contributed by atoms with Gasteiger partial charge in [-0.05, 0) is 62.7 Å². The largest absolute Gasteiger partial charge is 0.507 e. The van der Waals surface area contributed by atoms with E-state index in [1.54, 1.807) is 57.4 Å². The van der Waals surface area contributed by atoms with Crippen LogP contribution >= 0.6 is 22.9 Å². The first-order chi connectivity index (χ1) is 17.3. The fourth-order valence-electron chi connectivity index (χ4n) is 4.02. The fraction of sp³-hybridized carbons (Fsp3) is 0.269. The van der Waals surface area contributed by atoms with Gasteiger partial charge < -0.3 is 19.3 Å². The minimum Gasteiger partial charge on any atom is -0.507 e. The molecule has 2 heterocycles. The van der Waals surface area contributed by atoms with Gasteiger partial charge in [0.2, 0.25) is 0 Å². The van der Waals surface area contributed by atoms with Crippen LogP contribution < -0.4 is 24.4 Å². The van der Waals surface area contributed by atoms with E-state index in [1.807, 2.05) is 6.92 Å². The average Bonchev–Trinajstić information content (AvgIpc) is 3.15. The van der Waals surface area contributed by atoms with E-state index in [0.29, 0.717) is 49.3 Å². The van der Waals surface area contributed by atoms with Crippen molar-refractivity contribution in [2.45, 2.75) is 26.8 Å². The highest BCUT2D eigenvalue weighted by Gasteiger charge is 2.34. The first-order valence-corrected chi connectivity index (χ1v) is 12.5. The molecule has 0 saturated carbocycles. The molecule has 3 aromatic rings. The van der Waals surface area contributed by atoms with Crippen molar-refractivity contribution in [2.75, 3.05) is 20.3 Å². The van der Waals surface area contributed by atoms with E-state index in [9.17, 15) is 14.7 Å². The SMILES string of the molecule is CCOC(=O)C1=C(C)N=c2s/c(=C/c3cc(Cl)ccc3O)c(=O)n2C1c1ccc(OC)c(OCC)c1. The number of ether oxygens (including phenoxy) is 3. The summed E-state index contributed by atoms with van der Waals surface area (Å²) >= 11 is 7.24. The second-order valence-electron chi connectivity index (χ2n) is 7.85. The number of fused-ring (bicyclic) bond motifs is 1. The van der Waals surface area contributed by atoms with E-state index in [4.69, 9.17) is 25.8 Å². The Labute approximate surface area is 216 Å². The van der Waals surface area contributed by atoms with E-state index < -0.39 is 12.0 Å². The predicted octanol–water partition coefficient (Wildman–Crippen LogP) is 3.56. The highest BCUT2D eigenvalue weighted by molar-refractivity contribution is 7.07. The smallest absolute Gasteiger partial charge is 0.338 e. The zero-order valence-electron chi connectivity index (χ0n) is 20.2. The molecule has 1 N–H and O–H groups in total. The van der Waals surface area contributed by atoms with Gasteiger partial charge in [0, 0.05) is 10.6 Å². The number of aromatic hydroxyl groups is 1. The molecular weight excluding hydrogens is 504 g/mol. The van der Waals surface area contributed by atoms with E-state index >= 15 is 0 Å². The number of phenols is 1. The van der Waals surface area contributed by atoms with Gasteiger partial charge in [0.25, 0.3) is 5.56 Å². The van der Waals surface area contributed by atoms with Crippen LogP contribution in [0.5, 0.6) is 17.2 Å². The summed E-state index contributed by atoms with van der Waals surface area (Å²) in [6.45, 7) is 5.87. The van der Waals surface area contributed by atoms with Crippen LogP contribution in [-0.2, 0) is 9.53 Å². The fourth-order valence-corrected chi connectivity index (χ4v) is 5.24. The van der Waals surface area contributed by atoms with Crippen molar-refractivity contribution in [1.29, 1.82) is 0 Å². The van der Waals surface area contributed by atoms with Gasteiger partial charge in [0.1, 0.15) is 5.75 Å². The van der Waals surface area contributed by atoms with Crippen LogP contribution in [0.3, 0.4) is 0 Å². The van der Waals surface area contributed by atoms with Gasteiger partial charge in [-0.15, -0.1) is 0 Å². The lowest BCUT2D eigenvalue weighted by Gasteiger charge is -2.25. The second-order valence-corrected chi connectivity index (χ2v) is 9.29. The lowest BCUT2D eigenvalue weighted by atomic mass is 9.95. The number of carbonyl (C=O) groups excluding carboxylic acids is 1. The summed E-state index contributed by atoms with van der Waals surface area (Å²) < 4.78 is 18.3. The van der Waals surface area contributed by atoms with Gasteiger partial charge in [-0.2, -0.15) is 0 Å². The Morgan fingerprint density at radius 3 is 2.67 bits per heavy atom. The lowest BCUT2D eigenvalue weighted by Crippen LogP contribution is -2.40. The van der Waals surface area contributed by atoms with Gasteiger partial charge in [-0.1, -0.05) is 29.0 Å². The third kappa shape index (κ3) is 4.76. The number of benzene rings is 2. The molecule has 0 spiro atoms. The summed E-state index contributed by atoms with van der Waals surface area (Å²) in [7, 11) is 1.54. The van der Waals surface area contributed by atoms with Gasteiger partial charge in [0.15, 0.2) is 16.3 Å². The number of phenolic OH excluding ortho intramolecular Hbond substituents is 1. The molecule has 0 radical (unpaired) electrons. The van der Waals surface area contributed by atoms with Crippen molar-refractivity contribution < 1.29 is 24.1 Å². The monoisotopic (exact) mass is 528 g/mol. The molecule has 1 aromatic heterocycles. The Morgan fingerprint density at radius 2 is 1.97 bits per heavy atom. The van der Waals surface area contributed by atoms with Crippen LogP contribution in [0.15, 0.2) is 57.5 Å². The maximum Gasteiger partial charge on any atom is 0.338 e. The summed E-state index contributed by atoms with van der Waals surface area (Å²) in [6, 6.07) is 9.06. The molecule has 1 aliphatic rings. The first-order valence-electron chi connectivity index (χ1n) is 11.3. The molecule has 36 heavy (non-hydrogen) atoms. The highest BCUT2D eigenvalue weighted by Crippen LogP contribution is 2.36. The number of aromatic nitrogens is 1. The van der Waals surface area contributed by atoms with E-state index in [1.165, 1.54) is 10.6 Å². The van der Waals surface area contributed by atoms with Crippen LogP contribution in [0.25, 0.3) is 6.08 Å². The van der Waals surface area contributed by atoms with Crippen molar-refractivity contribution in [3.8, 4) is 17.2 Å². The Kier molecular flexibility index (Phi) is 7.51. The van der Waals surface area contributed by atoms with Crippen molar-refractivity contribution in [1.82, 2.24) is 4.57 Å². The van der Waals surface area contributed by atoms with Gasteiger partial charge >= 0.3 is 5.97 Å². The molecule has 1 unspecified atom stereocenters. The standard InChI is InChI=1S/C26H25ClN2O6S/c1-5-34-20-12-15(7-10-19(20)33-4)23-22(25(32)35-6-2)14(3)28-26-29(23)24(31)21(36-26)13-16-11-17(27)8-9-18(16)30/h7-13,23,30H,5-6H2,1-4H3/b21-13+. The van der Waals surface area contributed by atoms with Crippen LogP contribution in [0.2, 0.25) is 5.02 Å². The topological polar surface area (TPSA) is 99.4 Å². The highest BCUT2D eigenvalue weighted by atomic mass is 35.5. The quantitative estimate of drug-likeness (QED) is 0.471. The van der Waals surface area contributed by atoms with Crippen LogP contribution in [0, 0.1) is 0 Å².